The Hall–Kier alpha value is -3.68. The number of hydrogen-bond acceptors (Lipinski definition) is 4. The minimum atomic E-state index is -2.95. The molecule has 0 aliphatic carbocycles. The van der Waals surface area contributed by atoms with Crippen LogP contribution in [0.25, 0.3) is 11.8 Å². The number of aryl methyl sites for hydroxylation is 1. The molecule has 1 N–H and O–H groups in total. The molecule has 1 amide bonds. The van der Waals surface area contributed by atoms with Gasteiger partial charge in [0.25, 0.3) is 0 Å². The van der Waals surface area contributed by atoms with E-state index in [-0.39, 0.29) is 24.0 Å². The number of benzene rings is 2. The van der Waals surface area contributed by atoms with E-state index in [0.717, 1.165) is 11.4 Å². The molecule has 8 heteroatoms. The van der Waals surface area contributed by atoms with Crippen LogP contribution in [0.2, 0.25) is 0 Å². The van der Waals surface area contributed by atoms with Gasteiger partial charge in [-0.25, -0.2) is 4.68 Å². The number of hydrogen-bond donors (Lipinski definition) is 1. The third-order valence-electron chi connectivity index (χ3n) is 4.45. The SMILES string of the molecule is CCOc1cc(/C=C/C(=O)Nc2c(C)nn(-c3ccccc3)c2C)ccc1OC(F)F. The number of anilines is 1. The Bertz CT molecular complexity index is 1080. The zero-order valence-electron chi connectivity index (χ0n) is 17.4. The van der Waals surface area contributed by atoms with Gasteiger partial charge in [-0.2, -0.15) is 13.9 Å². The lowest BCUT2D eigenvalue weighted by atomic mass is 10.2. The molecule has 0 unspecified atom stereocenters. The number of para-hydroxylation sites is 1. The number of aromatic nitrogens is 2. The van der Waals surface area contributed by atoms with Crippen LogP contribution in [0.5, 0.6) is 11.5 Å². The highest BCUT2D eigenvalue weighted by Crippen LogP contribution is 2.30. The molecule has 2 aromatic carbocycles. The third-order valence-corrected chi connectivity index (χ3v) is 4.45. The van der Waals surface area contributed by atoms with E-state index in [4.69, 9.17) is 4.74 Å². The van der Waals surface area contributed by atoms with E-state index >= 15 is 0 Å². The second-order valence-electron chi connectivity index (χ2n) is 6.63. The van der Waals surface area contributed by atoms with Crippen LogP contribution in [0, 0.1) is 13.8 Å². The average Bonchev–Trinajstić information content (AvgIpc) is 3.02. The summed E-state index contributed by atoms with van der Waals surface area (Å²) in [7, 11) is 0. The van der Waals surface area contributed by atoms with E-state index in [1.807, 2.05) is 44.2 Å². The van der Waals surface area contributed by atoms with Crippen molar-refractivity contribution in [1.29, 1.82) is 0 Å². The van der Waals surface area contributed by atoms with Gasteiger partial charge in [-0.05, 0) is 56.7 Å². The third kappa shape index (κ3) is 5.48. The normalized spacial score (nSPS) is 11.2. The van der Waals surface area contributed by atoms with Crippen molar-refractivity contribution in [3.05, 3.63) is 71.6 Å². The number of ether oxygens (including phenoxy) is 2. The second-order valence-corrected chi connectivity index (χ2v) is 6.63. The summed E-state index contributed by atoms with van der Waals surface area (Å²) < 4.78 is 36.6. The quantitative estimate of drug-likeness (QED) is 0.506. The summed E-state index contributed by atoms with van der Waals surface area (Å²) in [5, 5.41) is 7.36. The van der Waals surface area contributed by atoms with Crippen molar-refractivity contribution in [2.75, 3.05) is 11.9 Å². The molecular weight excluding hydrogens is 404 g/mol. The topological polar surface area (TPSA) is 65.4 Å². The lowest BCUT2D eigenvalue weighted by Crippen LogP contribution is -2.09. The van der Waals surface area contributed by atoms with Gasteiger partial charge in [0.05, 0.1) is 29.4 Å². The zero-order valence-corrected chi connectivity index (χ0v) is 17.4. The number of rotatable bonds is 8. The minimum absolute atomic E-state index is 0.0574. The highest BCUT2D eigenvalue weighted by atomic mass is 19.3. The molecule has 162 valence electrons. The molecule has 0 aliphatic rings. The Morgan fingerprint density at radius 2 is 1.90 bits per heavy atom. The van der Waals surface area contributed by atoms with Gasteiger partial charge in [-0.3, -0.25) is 4.79 Å². The number of alkyl halides is 2. The van der Waals surface area contributed by atoms with Crippen LogP contribution in [0.4, 0.5) is 14.5 Å². The summed E-state index contributed by atoms with van der Waals surface area (Å²) in [6.07, 6.45) is 2.92. The summed E-state index contributed by atoms with van der Waals surface area (Å²) in [4.78, 5) is 12.5. The molecule has 6 nitrogen and oxygen atoms in total. The highest BCUT2D eigenvalue weighted by molar-refractivity contribution is 6.02. The molecule has 0 fully saturated rings. The van der Waals surface area contributed by atoms with Crippen molar-refractivity contribution in [2.45, 2.75) is 27.4 Å². The van der Waals surface area contributed by atoms with Crippen molar-refractivity contribution in [3.63, 3.8) is 0 Å². The Kier molecular flexibility index (Phi) is 7.02. The lowest BCUT2D eigenvalue weighted by Gasteiger charge is -2.11. The largest absolute Gasteiger partial charge is 0.490 e. The fourth-order valence-corrected chi connectivity index (χ4v) is 3.07. The molecular formula is C23H23F2N3O3. The maximum atomic E-state index is 12.5. The number of nitrogens with zero attached hydrogens (tertiary/aromatic N) is 2. The van der Waals surface area contributed by atoms with Crippen LogP contribution in [0.3, 0.4) is 0 Å². The fourth-order valence-electron chi connectivity index (χ4n) is 3.07. The molecule has 0 saturated heterocycles. The first kappa shape index (κ1) is 22.0. The molecule has 0 bridgehead atoms. The predicted octanol–water partition coefficient (Wildman–Crippen LogP) is 5.14. The second kappa shape index (κ2) is 9.88. The molecule has 0 radical (unpaired) electrons. The first-order valence-electron chi connectivity index (χ1n) is 9.71. The van der Waals surface area contributed by atoms with Gasteiger partial charge in [0.1, 0.15) is 0 Å². The summed E-state index contributed by atoms with van der Waals surface area (Å²) in [6, 6.07) is 14.1. The maximum Gasteiger partial charge on any atom is 0.387 e. The van der Waals surface area contributed by atoms with Gasteiger partial charge in [0, 0.05) is 6.08 Å². The van der Waals surface area contributed by atoms with Crippen molar-refractivity contribution in [3.8, 4) is 17.2 Å². The van der Waals surface area contributed by atoms with E-state index in [9.17, 15) is 13.6 Å². The number of nitrogens with one attached hydrogen (secondary N) is 1. The Labute approximate surface area is 179 Å². The summed E-state index contributed by atoms with van der Waals surface area (Å²) in [6.45, 7) is 2.78. The maximum absolute atomic E-state index is 12.5. The van der Waals surface area contributed by atoms with E-state index < -0.39 is 6.61 Å². The first-order valence-corrected chi connectivity index (χ1v) is 9.71. The van der Waals surface area contributed by atoms with Crippen LogP contribution < -0.4 is 14.8 Å². The van der Waals surface area contributed by atoms with Crippen molar-refractivity contribution in [1.82, 2.24) is 9.78 Å². The molecule has 0 atom stereocenters. The van der Waals surface area contributed by atoms with E-state index in [0.29, 0.717) is 16.9 Å². The fraction of sp³-hybridized carbons (Fsp3) is 0.217. The molecule has 0 aliphatic heterocycles. The van der Waals surface area contributed by atoms with Gasteiger partial charge in [-0.1, -0.05) is 24.3 Å². The predicted molar refractivity (Wildman–Crippen MR) is 115 cm³/mol. The summed E-state index contributed by atoms with van der Waals surface area (Å²) in [5.74, 6) is -0.219. The van der Waals surface area contributed by atoms with E-state index in [2.05, 4.69) is 15.2 Å². The smallest absolute Gasteiger partial charge is 0.387 e. The van der Waals surface area contributed by atoms with Gasteiger partial charge < -0.3 is 14.8 Å². The monoisotopic (exact) mass is 427 g/mol. The molecule has 0 spiro atoms. The van der Waals surface area contributed by atoms with Crippen molar-refractivity contribution < 1.29 is 23.0 Å². The molecule has 3 rings (SSSR count). The average molecular weight is 427 g/mol. The first-order chi connectivity index (χ1) is 14.9. The Morgan fingerprint density at radius 3 is 2.58 bits per heavy atom. The van der Waals surface area contributed by atoms with Crippen LogP contribution in [-0.4, -0.2) is 28.9 Å². The van der Waals surface area contributed by atoms with E-state index in [1.165, 1.54) is 18.2 Å². The molecule has 1 aromatic heterocycles. The molecule has 1 heterocycles. The number of carbonyl (C=O) groups is 1. The van der Waals surface area contributed by atoms with Gasteiger partial charge in [-0.15, -0.1) is 0 Å². The van der Waals surface area contributed by atoms with Gasteiger partial charge in [0.2, 0.25) is 5.91 Å². The summed E-state index contributed by atoms with van der Waals surface area (Å²) in [5.41, 5.74) is 3.63. The van der Waals surface area contributed by atoms with Crippen LogP contribution >= 0.6 is 0 Å². The zero-order chi connectivity index (χ0) is 22.4. The van der Waals surface area contributed by atoms with Crippen molar-refractivity contribution in [2.24, 2.45) is 0 Å². The number of amides is 1. The minimum Gasteiger partial charge on any atom is -0.490 e. The summed E-state index contributed by atoms with van der Waals surface area (Å²) >= 11 is 0. The molecule has 31 heavy (non-hydrogen) atoms. The molecule has 0 saturated carbocycles. The van der Waals surface area contributed by atoms with Gasteiger partial charge in [0.15, 0.2) is 11.5 Å². The number of halogens is 2. The van der Waals surface area contributed by atoms with Gasteiger partial charge >= 0.3 is 6.61 Å². The van der Waals surface area contributed by atoms with Crippen molar-refractivity contribution >= 4 is 17.7 Å². The standard InChI is InChI=1S/C23H23F2N3O3/c1-4-30-20-14-17(10-12-19(20)31-23(24)25)11-13-21(29)26-22-15(2)27-28(16(22)3)18-8-6-5-7-9-18/h5-14,23H,4H2,1-3H3,(H,26,29)/b13-11+. The molecule has 3 aromatic rings. The number of carbonyl (C=O) groups excluding carboxylic acids is 1. The highest BCUT2D eigenvalue weighted by Gasteiger charge is 2.14. The Morgan fingerprint density at radius 1 is 1.16 bits per heavy atom. The Balaban J connectivity index is 1.75. The lowest BCUT2D eigenvalue weighted by molar-refractivity contribution is -0.111. The van der Waals surface area contributed by atoms with E-state index in [1.54, 1.807) is 23.7 Å². The van der Waals surface area contributed by atoms with Crippen LogP contribution in [0.15, 0.2) is 54.6 Å². The van der Waals surface area contributed by atoms with Crippen LogP contribution in [-0.2, 0) is 4.79 Å². The van der Waals surface area contributed by atoms with Crippen LogP contribution in [0.1, 0.15) is 23.9 Å².